The van der Waals surface area contributed by atoms with E-state index in [9.17, 15) is 8.78 Å². The number of anilines is 1. The number of rotatable bonds is 3. The van der Waals surface area contributed by atoms with Gasteiger partial charge in [0.05, 0.1) is 5.39 Å². The number of nitrogens with two attached hydrogens (primary N) is 1. The third kappa shape index (κ3) is 2.63. The minimum absolute atomic E-state index is 0.140. The largest absolute Gasteiger partial charge is 0.438 e. The third-order valence-electron chi connectivity index (χ3n) is 2.72. The lowest BCUT2D eigenvalue weighted by Gasteiger charge is -2.07. The molecule has 0 aliphatic heterocycles. The van der Waals surface area contributed by atoms with Crippen molar-refractivity contribution in [1.29, 1.82) is 0 Å². The van der Waals surface area contributed by atoms with Crippen LogP contribution in [0.3, 0.4) is 0 Å². The van der Waals surface area contributed by atoms with E-state index in [1.54, 1.807) is 0 Å². The molecule has 0 radical (unpaired) electrons. The van der Waals surface area contributed by atoms with Crippen LogP contribution in [-0.2, 0) is 0 Å². The first-order valence-corrected chi connectivity index (χ1v) is 6.76. The number of hydrogen-bond acceptors (Lipinski definition) is 6. The number of benzene rings is 1. The molecule has 0 atom stereocenters. The molecule has 0 spiro atoms. The molecule has 0 saturated carbocycles. The number of halogens is 2. The van der Waals surface area contributed by atoms with E-state index in [0.29, 0.717) is 10.2 Å². The Labute approximate surface area is 122 Å². The molecule has 2 heterocycles. The van der Waals surface area contributed by atoms with E-state index in [4.69, 9.17) is 10.6 Å². The highest BCUT2D eigenvalue weighted by molar-refractivity contribution is 7.18. The summed E-state index contributed by atoms with van der Waals surface area (Å²) in [6, 6.07) is 5.12. The van der Waals surface area contributed by atoms with Gasteiger partial charge in [-0.15, -0.1) is 11.3 Å². The van der Waals surface area contributed by atoms with Crippen molar-refractivity contribution in [3.8, 4) is 11.6 Å². The summed E-state index contributed by atoms with van der Waals surface area (Å²) < 4.78 is 31.7. The number of aromatic nitrogens is 2. The number of hydrazine groups is 1. The van der Waals surface area contributed by atoms with E-state index in [0.717, 1.165) is 17.0 Å². The first-order chi connectivity index (χ1) is 10.1. The highest BCUT2D eigenvalue weighted by Gasteiger charge is 2.13. The number of ether oxygens (including phenoxy) is 1. The van der Waals surface area contributed by atoms with Gasteiger partial charge in [0.15, 0.2) is 11.6 Å². The monoisotopic (exact) mass is 308 g/mol. The normalized spacial score (nSPS) is 10.9. The molecule has 3 rings (SSSR count). The van der Waals surface area contributed by atoms with Gasteiger partial charge in [0.25, 0.3) is 0 Å². The number of hydrogen-bond donors (Lipinski definition) is 2. The van der Waals surface area contributed by atoms with Crippen LogP contribution in [0.2, 0.25) is 0 Å². The smallest absolute Gasteiger partial charge is 0.241 e. The SMILES string of the molecule is Cc1cc2c(Oc3ccc(F)c(F)c3)nc(NN)nc2s1. The first kappa shape index (κ1) is 13.7. The predicted octanol–water partition coefficient (Wildman–Crippen LogP) is 3.36. The lowest BCUT2D eigenvalue weighted by molar-refractivity contribution is 0.452. The van der Waals surface area contributed by atoms with Gasteiger partial charge < -0.3 is 4.74 Å². The summed E-state index contributed by atoms with van der Waals surface area (Å²) in [4.78, 5) is 10.0. The van der Waals surface area contributed by atoms with Crippen LogP contribution in [0.5, 0.6) is 11.6 Å². The highest BCUT2D eigenvalue weighted by Crippen LogP contribution is 2.33. The third-order valence-corrected chi connectivity index (χ3v) is 3.66. The zero-order valence-electron chi connectivity index (χ0n) is 10.9. The van der Waals surface area contributed by atoms with Gasteiger partial charge in [-0.3, -0.25) is 5.43 Å². The van der Waals surface area contributed by atoms with Gasteiger partial charge in [-0.05, 0) is 25.1 Å². The van der Waals surface area contributed by atoms with E-state index >= 15 is 0 Å². The van der Waals surface area contributed by atoms with Crippen molar-refractivity contribution in [3.63, 3.8) is 0 Å². The van der Waals surface area contributed by atoms with Crippen molar-refractivity contribution >= 4 is 27.5 Å². The quantitative estimate of drug-likeness (QED) is 0.573. The molecule has 0 fully saturated rings. The Balaban J connectivity index is 2.07. The molecule has 21 heavy (non-hydrogen) atoms. The number of nitrogen functional groups attached to an aromatic ring is 1. The van der Waals surface area contributed by atoms with Crippen molar-refractivity contribution in [2.24, 2.45) is 5.84 Å². The van der Waals surface area contributed by atoms with E-state index in [-0.39, 0.29) is 17.6 Å². The Morgan fingerprint density at radius 3 is 2.71 bits per heavy atom. The second-order valence-electron chi connectivity index (χ2n) is 4.25. The first-order valence-electron chi connectivity index (χ1n) is 5.94. The molecule has 0 bridgehead atoms. The summed E-state index contributed by atoms with van der Waals surface area (Å²) >= 11 is 1.45. The van der Waals surface area contributed by atoms with Gasteiger partial charge >= 0.3 is 0 Å². The number of aryl methyl sites for hydroxylation is 1. The zero-order valence-corrected chi connectivity index (χ0v) is 11.7. The van der Waals surface area contributed by atoms with E-state index < -0.39 is 11.6 Å². The maximum Gasteiger partial charge on any atom is 0.241 e. The molecule has 0 saturated heterocycles. The molecule has 108 valence electrons. The molecule has 3 aromatic rings. The average Bonchev–Trinajstić information content (AvgIpc) is 2.83. The number of thiophene rings is 1. The average molecular weight is 308 g/mol. The van der Waals surface area contributed by atoms with Gasteiger partial charge in [-0.1, -0.05) is 0 Å². The molecule has 0 amide bonds. The van der Waals surface area contributed by atoms with Crippen LogP contribution in [0, 0.1) is 18.6 Å². The lowest BCUT2D eigenvalue weighted by Crippen LogP contribution is -2.10. The molecule has 0 aliphatic carbocycles. The Morgan fingerprint density at radius 2 is 2.00 bits per heavy atom. The predicted molar refractivity (Wildman–Crippen MR) is 76.4 cm³/mol. The number of nitrogens with zero attached hydrogens (tertiary/aromatic N) is 2. The molecule has 5 nitrogen and oxygen atoms in total. The molecule has 8 heteroatoms. The van der Waals surface area contributed by atoms with Gasteiger partial charge in [-0.25, -0.2) is 19.6 Å². The number of fused-ring (bicyclic) bond motifs is 1. The summed E-state index contributed by atoms with van der Waals surface area (Å²) in [5.41, 5.74) is 2.35. The molecular formula is C13H10F2N4OS. The molecule has 0 aliphatic rings. The van der Waals surface area contributed by atoms with Gasteiger partial charge in [0.2, 0.25) is 11.8 Å². The standard InChI is InChI=1S/C13H10F2N4OS/c1-6-4-8-11(17-13(19-16)18-12(8)21-6)20-7-2-3-9(14)10(15)5-7/h2-5H,16H2,1H3,(H,17,18,19). The topological polar surface area (TPSA) is 73.1 Å². The van der Waals surface area contributed by atoms with Gasteiger partial charge in [-0.2, -0.15) is 4.98 Å². The van der Waals surface area contributed by atoms with Crippen molar-refractivity contribution in [1.82, 2.24) is 9.97 Å². The molecule has 2 aromatic heterocycles. The molecule has 3 N–H and O–H groups in total. The van der Waals surface area contributed by atoms with Crippen LogP contribution >= 0.6 is 11.3 Å². The van der Waals surface area contributed by atoms with E-state index in [1.165, 1.54) is 17.4 Å². The summed E-state index contributed by atoms with van der Waals surface area (Å²) in [5, 5.41) is 0.682. The van der Waals surface area contributed by atoms with Crippen LogP contribution < -0.4 is 16.0 Å². The fourth-order valence-electron chi connectivity index (χ4n) is 1.81. The number of nitrogens with one attached hydrogen (secondary N) is 1. The van der Waals surface area contributed by atoms with Crippen LogP contribution in [0.1, 0.15) is 4.88 Å². The Kier molecular flexibility index (Phi) is 3.40. The summed E-state index contributed by atoms with van der Waals surface area (Å²) in [6.45, 7) is 1.92. The summed E-state index contributed by atoms with van der Waals surface area (Å²) in [6.07, 6.45) is 0. The maximum absolute atomic E-state index is 13.2. The van der Waals surface area contributed by atoms with Crippen LogP contribution in [0.4, 0.5) is 14.7 Å². The minimum atomic E-state index is -0.989. The van der Waals surface area contributed by atoms with Gasteiger partial charge in [0, 0.05) is 10.9 Å². The maximum atomic E-state index is 13.2. The zero-order chi connectivity index (χ0) is 15.0. The Morgan fingerprint density at radius 1 is 1.19 bits per heavy atom. The summed E-state index contributed by atoms with van der Waals surface area (Å²) in [7, 11) is 0. The van der Waals surface area contributed by atoms with Crippen LogP contribution in [-0.4, -0.2) is 9.97 Å². The van der Waals surface area contributed by atoms with Crippen molar-refractivity contribution < 1.29 is 13.5 Å². The fraction of sp³-hybridized carbons (Fsp3) is 0.0769. The van der Waals surface area contributed by atoms with Crippen LogP contribution in [0.25, 0.3) is 10.2 Å². The van der Waals surface area contributed by atoms with Crippen molar-refractivity contribution in [3.05, 3.63) is 40.8 Å². The Bertz CT molecular complexity index is 821. The van der Waals surface area contributed by atoms with Crippen molar-refractivity contribution in [2.45, 2.75) is 6.92 Å². The Hall–Kier alpha value is -2.32. The van der Waals surface area contributed by atoms with Crippen molar-refractivity contribution in [2.75, 3.05) is 5.43 Å². The molecular weight excluding hydrogens is 298 g/mol. The lowest BCUT2D eigenvalue weighted by atomic mass is 10.3. The minimum Gasteiger partial charge on any atom is -0.438 e. The second-order valence-corrected chi connectivity index (χ2v) is 5.49. The fourth-order valence-corrected chi connectivity index (χ4v) is 2.68. The second kappa shape index (κ2) is 5.23. The van der Waals surface area contributed by atoms with E-state index in [1.807, 2.05) is 13.0 Å². The molecule has 1 aromatic carbocycles. The molecule has 0 unspecified atom stereocenters. The summed E-state index contributed by atoms with van der Waals surface area (Å²) in [5.74, 6) is 3.94. The highest BCUT2D eigenvalue weighted by atomic mass is 32.1. The van der Waals surface area contributed by atoms with Gasteiger partial charge in [0.1, 0.15) is 10.6 Å². The van der Waals surface area contributed by atoms with Crippen LogP contribution in [0.15, 0.2) is 24.3 Å². The van der Waals surface area contributed by atoms with E-state index in [2.05, 4.69) is 15.4 Å².